The molecule has 5 nitrogen and oxygen atoms in total. The number of hydroxylamine groups is 2. The number of hydrogen-bond donors (Lipinski definition) is 2. The maximum atomic E-state index is 12.2. The third-order valence-corrected chi connectivity index (χ3v) is 5.62. The van der Waals surface area contributed by atoms with E-state index in [0.717, 1.165) is 18.4 Å². The van der Waals surface area contributed by atoms with Crippen molar-refractivity contribution in [3.05, 3.63) is 35.9 Å². The van der Waals surface area contributed by atoms with Crippen LogP contribution in [0.1, 0.15) is 18.4 Å². The first-order valence-corrected chi connectivity index (χ1v) is 9.86. The van der Waals surface area contributed by atoms with Crippen molar-refractivity contribution in [3.63, 3.8) is 0 Å². The smallest absolute Gasteiger partial charge is 0.251 e. The number of hydrogen-bond acceptors (Lipinski definition) is 4. The minimum atomic E-state index is -2.28. The van der Waals surface area contributed by atoms with Crippen LogP contribution in [0.5, 0.6) is 0 Å². The molecule has 2 N–H and O–H groups in total. The molecule has 1 aliphatic carbocycles. The predicted octanol–water partition coefficient (Wildman–Crippen LogP) is 2.35. The molecule has 1 saturated carbocycles. The Hall–Kier alpha value is -1.16. The molecule has 0 aromatic heterocycles. The second-order valence-electron chi connectivity index (χ2n) is 6.03. The Balaban J connectivity index is 1.84. The highest BCUT2D eigenvalue weighted by molar-refractivity contribution is 7.63. The fraction of sp³-hybridized carbons (Fsp3) is 0.533. The van der Waals surface area contributed by atoms with Crippen LogP contribution in [0.4, 0.5) is 0 Å². The van der Waals surface area contributed by atoms with E-state index in [1.54, 1.807) is 13.3 Å². The van der Waals surface area contributed by atoms with E-state index in [1.165, 1.54) is 0 Å². The summed E-state index contributed by atoms with van der Waals surface area (Å²) in [6.45, 7) is 3.51. The van der Waals surface area contributed by atoms with E-state index in [0.29, 0.717) is 11.0 Å². The number of rotatable bonds is 7. The molecule has 1 aliphatic rings. The quantitative estimate of drug-likeness (QED) is 0.351. The van der Waals surface area contributed by atoms with Crippen molar-refractivity contribution in [3.8, 4) is 0 Å². The monoisotopic (exact) mass is 310 g/mol. The normalized spacial score (nSPS) is 16.5. The van der Waals surface area contributed by atoms with Gasteiger partial charge in [-0.1, -0.05) is 30.3 Å². The lowest BCUT2D eigenvalue weighted by atomic mass is 10.1. The van der Waals surface area contributed by atoms with Gasteiger partial charge in [0.25, 0.3) is 5.91 Å². The van der Waals surface area contributed by atoms with Gasteiger partial charge in [0, 0.05) is 0 Å². The Labute approximate surface area is 125 Å². The molecule has 2 rings (SSSR count). The Morgan fingerprint density at radius 2 is 2.00 bits per heavy atom. The van der Waals surface area contributed by atoms with Crippen LogP contribution >= 0.6 is 7.14 Å². The first-order valence-electron chi connectivity index (χ1n) is 7.19. The molecule has 6 heteroatoms. The summed E-state index contributed by atoms with van der Waals surface area (Å²) in [7, 11) is -2.28. The molecule has 1 aromatic rings. The van der Waals surface area contributed by atoms with Crippen LogP contribution in [-0.2, 0) is 15.8 Å². The van der Waals surface area contributed by atoms with Crippen LogP contribution in [-0.4, -0.2) is 42.0 Å². The van der Waals surface area contributed by atoms with Crippen molar-refractivity contribution in [2.75, 3.05) is 20.0 Å². The molecule has 1 amide bonds. The Morgan fingerprint density at radius 1 is 1.38 bits per heavy atom. The van der Waals surface area contributed by atoms with E-state index in [9.17, 15) is 14.6 Å². The molecule has 116 valence electrons. The Kier molecular flexibility index (Phi) is 5.20. The molecular weight excluding hydrogens is 287 g/mol. The van der Waals surface area contributed by atoms with E-state index in [1.807, 2.05) is 30.3 Å². The molecule has 0 bridgehead atoms. The van der Waals surface area contributed by atoms with Crippen LogP contribution in [0.25, 0.3) is 0 Å². The third-order valence-electron chi connectivity index (χ3n) is 3.67. The molecule has 1 fully saturated rings. The molecule has 0 spiro atoms. The first-order chi connectivity index (χ1) is 9.88. The van der Waals surface area contributed by atoms with Gasteiger partial charge < -0.3 is 4.57 Å². The Morgan fingerprint density at radius 3 is 2.52 bits per heavy atom. The van der Waals surface area contributed by atoms with Gasteiger partial charge in [0.1, 0.15) is 0 Å². The molecule has 0 radical (unpaired) electrons. The zero-order valence-corrected chi connectivity index (χ0v) is 13.4. The average molecular weight is 310 g/mol. The lowest BCUT2D eigenvalue weighted by molar-refractivity contribution is -0.166. The lowest BCUT2D eigenvalue weighted by Crippen LogP contribution is -2.42. The number of carbonyl (C=O) groups is 1. The highest BCUT2D eigenvalue weighted by Gasteiger charge is 2.38. The molecule has 1 unspecified atom stereocenters. The number of carbonyl (C=O) groups excluding carboxylic acids is 1. The number of nitrogens with zero attached hydrogens (tertiary/aromatic N) is 1. The SMILES string of the molecule is CP(C)(=O)C(NCN(O)C(=O)Cc1ccccc1)C1CC1. The summed E-state index contributed by atoms with van der Waals surface area (Å²) in [6.07, 6.45) is 2.28. The molecule has 0 saturated heterocycles. The van der Waals surface area contributed by atoms with Crippen molar-refractivity contribution in [2.24, 2.45) is 5.92 Å². The van der Waals surface area contributed by atoms with Gasteiger partial charge in [-0.05, 0) is 37.7 Å². The zero-order chi connectivity index (χ0) is 15.5. The molecule has 21 heavy (non-hydrogen) atoms. The predicted molar refractivity (Wildman–Crippen MR) is 82.7 cm³/mol. The molecule has 0 aliphatic heterocycles. The zero-order valence-electron chi connectivity index (χ0n) is 12.5. The minimum absolute atomic E-state index is 0.0124. The van der Waals surface area contributed by atoms with E-state index < -0.39 is 7.14 Å². The standard InChI is InChI=1S/C15H23N2O3P/c1-21(2,20)15(13-8-9-13)16-11-17(19)14(18)10-12-6-4-3-5-7-12/h3-7,13,15-16,19H,8-11H2,1-2H3. The fourth-order valence-corrected chi connectivity index (χ4v) is 4.27. The number of nitrogens with one attached hydrogen (secondary N) is 1. The number of benzene rings is 1. The Bertz CT molecular complexity index is 525. The molecule has 1 atom stereocenters. The first kappa shape index (κ1) is 16.2. The van der Waals surface area contributed by atoms with E-state index in [2.05, 4.69) is 5.32 Å². The highest BCUT2D eigenvalue weighted by Crippen LogP contribution is 2.51. The van der Waals surface area contributed by atoms with Crippen LogP contribution in [0.2, 0.25) is 0 Å². The van der Waals surface area contributed by atoms with Gasteiger partial charge in [-0.25, -0.2) is 5.06 Å². The van der Waals surface area contributed by atoms with Crippen molar-refractivity contribution < 1.29 is 14.6 Å². The third kappa shape index (κ3) is 4.95. The summed E-state index contributed by atoms with van der Waals surface area (Å²) >= 11 is 0. The van der Waals surface area contributed by atoms with Crippen molar-refractivity contribution >= 4 is 13.0 Å². The van der Waals surface area contributed by atoms with Crippen LogP contribution in [0.15, 0.2) is 30.3 Å². The highest BCUT2D eigenvalue weighted by atomic mass is 31.2. The van der Waals surface area contributed by atoms with Gasteiger partial charge in [-0.3, -0.25) is 15.3 Å². The van der Waals surface area contributed by atoms with Crippen LogP contribution in [0.3, 0.4) is 0 Å². The minimum Gasteiger partial charge on any atom is -0.322 e. The van der Waals surface area contributed by atoms with Gasteiger partial charge in [-0.2, -0.15) is 0 Å². The average Bonchev–Trinajstić information content (AvgIpc) is 3.23. The van der Waals surface area contributed by atoms with Crippen molar-refractivity contribution in [1.82, 2.24) is 10.4 Å². The summed E-state index contributed by atoms with van der Waals surface area (Å²) in [4.78, 5) is 11.9. The summed E-state index contributed by atoms with van der Waals surface area (Å²) in [5.74, 6) is -0.0783. The van der Waals surface area contributed by atoms with E-state index in [4.69, 9.17) is 0 Å². The van der Waals surface area contributed by atoms with Gasteiger partial charge in [0.05, 0.1) is 26.0 Å². The van der Waals surface area contributed by atoms with Gasteiger partial charge in [0.15, 0.2) is 0 Å². The summed E-state index contributed by atoms with van der Waals surface area (Å²) in [6, 6.07) is 9.29. The summed E-state index contributed by atoms with van der Waals surface area (Å²) < 4.78 is 12.2. The van der Waals surface area contributed by atoms with Crippen molar-refractivity contribution in [1.29, 1.82) is 0 Å². The fourth-order valence-electron chi connectivity index (χ4n) is 2.44. The topological polar surface area (TPSA) is 69.6 Å². The molecule has 1 aromatic carbocycles. The maximum Gasteiger partial charge on any atom is 0.251 e. The largest absolute Gasteiger partial charge is 0.322 e. The summed E-state index contributed by atoms with van der Waals surface area (Å²) in [5.41, 5.74) is 0.858. The molecular formula is C15H23N2O3P. The van der Waals surface area contributed by atoms with Crippen molar-refractivity contribution in [2.45, 2.75) is 25.0 Å². The van der Waals surface area contributed by atoms with E-state index >= 15 is 0 Å². The summed E-state index contributed by atoms with van der Waals surface area (Å²) in [5, 5.41) is 13.6. The van der Waals surface area contributed by atoms with E-state index in [-0.39, 0.29) is 24.8 Å². The van der Waals surface area contributed by atoms with Crippen LogP contribution < -0.4 is 5.32 Å². The van der Waals surface area contributed by atoms with Gasteiger partial charge in [0.2, 0.25) is 0 Å². The second-order valence-corrected chi connectivity index (χ2v) is 9.46. The maximum absolute atomic E-state index is 12.2. The van der Waals surface area contributed by atoms with Gasteiger partial charge >= 0.3 is 0 Å². The number of amides is 1. The van der Waals surface area contributed by atoms with Crippen LogP contribution in [0, 0.1) is 5.92 Å². The van der Waals surface area contributed by atoms with Gasteiger partial charge in [-0.15, -0.1) is 0 Å². The lowest BCUT2D eigenvalue weighted by Gasteiger charge is -2.25. The second kappa shape index (κ2) is 6.73. The molecule has 0 heterocycles.